The van der Waals surface area contributed by atoms with Crippen LogP contribution in [-0.4, -0.2) is 54.6 Å². The molecule has 5 aromatic rings. The fourth-order valence-electron chi connectivity index (χ4n) is 5.60. The van der Waals surface area contributed by atoms with Gasteiger partial charge < -0.3 is 15.3 Å². The summed E-state index contributed by atoms with van der Waals surface area (Å²) < 4.78 is 40.9. The van der Waals surface area contributed by atoms with Crippen molar-refractivity contribution in [3.05, 3.63) is 88.7 Å². The van der Waals surface area contributed by atoms with Gasteiger partial charge in [-0.3, -0.25) is 9.36 Å². The van der Waals surface area contributed by atoms with E-state index < -0.39 is 11.9 Å². The quantitative estimate of drug-likeness (QED) is 0.236. The molecule has 44 heavy (non-hydrogen) atoms. The van der Waals surface area contributed by atoms with Crippen LogP contribution in [0.3, 0.4) is 0 Å². The minimum absolute atomic E-state index is 0.0106. The van der Waals surface area contributed by atoms with Gasteiger partial charge in [-0.2, -0.15) is 18.2 Å². The van der Waals surface area contributed by atoms with E-state index in [0.29, 0.717) is 29.4 Å². The minimum atomic E-state index is -4.63. The lowest BCUT2D eigenvalue weighted by atomic mass is 9.89. The Hall–Kier alpha value is -4.84. The zero-order valence-electron chi connectivity index (χ0n) is 24.1. The summed E-state index contributed by atoms with van der Waals surface area (Å²) in [6.07, 6.45) is 0.0729. The number of phenols is 1. The lowest BCUT2D eigenvalue weighted by Crippen LogP contribution is -2.29. The number of aromatic nitrogens is 5. The van der Waals surface area contributed by atoms with Crippen molar-refractivity contribution in [3.8, 4) is 28.1 Å². The summed E-state index contributed by atoms with van der Waals surface area (Å²) >= 11 is 0. The van der Waals surface area contributed by atoms with Gasteiger partial charge in [0, 0.05) is 34.9 Å². The molecule has 0 aliphatic carbocycles. The van der Waals surface area contributed by atoms with Crippen LogP contribution >= 0.6 is 0 Å². The van der Waals surface area contributed by atoms with Crippen molar-refractivity contribution in [1.82, 2.24) is 29.4 Å². The molecule has 3 aromatic heterocycles. The summed E-state index contributed by atoms with van der Waals surface area (Å²) in [6.45, 7) is 4.32. The number of fused-ring (bicyclic) bond motifs is 1. The molecule has 9 nitrogen and oxygen atoms in total. The Morgan fingerprint density at radius 2 is 1.73 bits per heavy atom. The third-order valence-corrected chi connectivity index (χ3v) is 8.04. The number of alkyl halides is 3. The smallest absolute Gasteiger partial charge is 0.433 e. The van der Waals surface area contributed by atoms with Gasteiger partial charge >= 0.3 is 6.18 Å². The average Bonchev–Trinajstić information content (AvgIpc) is 3.01. The molecule has 226 valence electrons. The highest BCUT2D eigenvalue weighted by Gasteiger charge is 2.33. The van der Waals surface area contributed by atoms with Gasteiger partial charge in [-0.15, -0.1) is 0 Å². The molecule has 2 N–H and O–H groups in total. The van der Waals surface area contributed by atoms with E-state index in [1.165, 1.54) is 28.3 Å². The normalized spacial score (nSPS) is 14.7. The Morgan fingerprint density at radius 1 is 0.977 bits per heavy atom. The Bertz CT molecular complexity index is 1880. The summed E-state index contributed by atoms with van der Waals surface area (Å²) in [7, 11) is 2.15. The molecule has 0 spiro atoms. The van der Waals surface area contributed by atoms with Crippen molar-refractivity contribution in [3.63, 3.8) is 0 Å². The van der Waals surface area contributed by atoms with Gasteiger partial charge in [-0.25, -0.2) is 15.0 Å². The molecule has 0 amide bonds. The van der Waals surface area contributed by atoms with Crippen LogP contribution in [0.1, 0.15) is 36.9 Å². The number of halogens is 3. The first-order valence-corrected chi connectivity index (χ1v) is 14.3. The first-order valence-electron chi connectivity index (χ1n) is 14.3. The third kappa shape index (κ3) is 5.85. The van der Waals surface area contributed by atoms with Gasteiger partial charge in [0.25, 0.3) is 5.56 Å². The second kappa shape index (κ2) is 11.7. The average molecular weight is 602 g/mol. The van der Waals surface area contributed by atoms with Gasteiger partial charge in [0.05, 0.1) is 11.3 Å². The number of rotatable bonds is 6. The molecule has 0 unspecified atom stereocenters. The Labute approximate surface area is 251 Å². The summed E-state index contributed by atoms with van der Waals surface area (Å²) in [6, 6.07) is 14.9. The van der Waals surface area contributed by atoms with Crippen LogP contribution in [0.5, 0.6) is 5.75 Å². The number of pyridine rings is 1. The van der Waals surface area contributed by atoms with Crippen molar-refractivity contribution >= 4 is 22.7 Å². The SMILES string of the molecule is CCn1c(=O)c(-c2ccc(-c3cc(C(F)(F)F)ncn3)cc2O)cc2cnc(Nc3ccc(C4CCN(C)CC4)cc3)nc21. The summed E-state index contributed by atoms with van der Waals surface area (Å²) in [5, 5.41) is 14.7. The lowest BCUT2D eigenvalue weighted by molar-refractivity contribution is -0.141. The predicted octanol–water partition coefficient (Wildman–Crippen LogP) is 6.21. The number of phenolic OH excluding ortho intramolecular Hbond substituents is 1. The van der Waals surface area contributed by atoms with Crippen LogP contribution < -0.4 is 10.9 Å². The van der Waals surface area contributed by atoms with Crippen LogP contribution in [0.15, 0.2) is 71.9 Å². The zero-order valence-corrected chi connectivity index (χ0v) is 24.1. The molecule has 0 radical (unpaired) electrons. The van der Waals surface area contributed by atoms with Gasteiger partial charge in [-0.05, 0) is 87.8 Å². The maximum absolute atomic E-state index is 13.6. The molecular weight excluding hydrogens is 571 g/mol. The van der Waals surface area contributed by atoms with Crippen LogP contribution in [0.25, 0.3) is 33.4 Å². The summed E-state index contributed by atoms with van der Waals surface area (Å²) in [5.41, 5.74) is 1.77. The molecule has 2 aromatic carbocycles. The third-order valence-electron chi connectivity index (χ3n) is 8.04. The van der Waals surface area contributed by atoms with E-state index in [0.717, 1.165) is 44.0 Å². The summed E-state index contributed by atoms with van der Waals surface area (Å²) in [5.74, 6) is 0.612. The second-order valence-electron chi connectivity index (χ2n) is 10.9. The topological polar surface area (TPSA) is 109 Å². The van der Waals surface area contributed by atoms with Crippen LogP contribution in [0.2, 0.25) is 0 Å². The number of hydrogen-bond donors (Lipinski definition) is 2. The van der Waals surface area contributed by atoms with Crippen molar-refractivity contribution in [1.29, 1.82) is 0 Å². The Kier molecular flexibility index (Phi) is 7.76. The second-order valence-corrected chi connectivity index (χ2v) is 10.9. The molecule has 0 bridgehead atoms. The van der Waals surface area contributed by atoms with Crippen molar-refractivity contribution < 1.29 is 18.3 Å². The van der Waals surface area contributed by atoms with E-state index in [1.807, 2.05) is 19.1 Å². The number of anilines is 2. The highest BCUT2D eigenvalue weighted by molar-refractivity contribution is 5.84. The largest absolute Gasteiger partial charge is 0.507 e. The highest BCUT2D eigenvalue weighted by atomic mass is 19.4. The molecular formula is C32H30F3N7O2. The molecule has 6 rings (SSSR count). The fourth-order valence-corrected chi connectivity index (χ4v) is 5.60. The van der Waals surface area contributed by atoms with Crippen molar-refractivity contribution in [2.75, 3.05) is 25.5 Å². The van der Waals surface area contributed by atoms with E-state index in [2.05, 4.69) is 49.3 Å². The van der Waals surface area contributed by atoms with Crippen molar-refractivity contribution in [2.45, 2.75) is 38.4 Å². The van der Waals surface area contributed by atoms with Crippen LogP contribution in [0.4, 0.5) is 24.8 Å². The maximum atomic E-state index is 13.6. The number of benzene rings is 2. The first kappa shape index (κ1) is 29.2. The van der Waals surface area contributed by atoms with E-state index in [1.54, 1.807) is 12.3 Å². The number of nitrogens with zero attached hydrogens (tertiary/aromatic N) is 6. The molecule has 12 heteroatoms. The van der Waals surface area contributed by atoms with E-state index in [4.69, 9.17) is 0 Å². The van der Waals surface area contributed by atoms with Gasteiger partial charge in [0.15, 0.2) is 0 Å². The van der Waals surface area contributed by atoms with Crippen LogP contribution in [-0.2, 0) is 12.7 Å². The fraction of sp³-hybridized carbons (Fsp3) is 0.281. The minimum Gasteiger partial charge on any atom is -0.507 e. The van der Waals surface area contributed by atoms with Crippen LogP contribution in [0, 0.1) is 0 Å². The lowest BCUT2D eigenvalue weighted by Gasteiger charge is -2.29. The van der Waals surface area contributed by atoms with E-state index in [-0.39, 0.29) is 33.7 Å². The van der Waals surface area contributed by atoms with E-state index >= 15 is 0 Å². The number of aryl methyl sites for hydroxylation is 1. The number of piperidine rings is 1. The van der Waals surface area contributed by atoms with Gasteiger partial charge in [-0.1, -0.05) is 18.2 Å². The number of hydrogen-bond acceptors (Lipinski definition) is 8. The molecule has 0 atom stereocenters. The molecule has 4 heterocycles. The molecule has 1 aliphatic rings. The first-order chi connectivity index (χ1) is 21.1. The number of likely N-dealkylation sites (tertiary alicyclic amines) is 1. The maximum Gasteiger partial charge on any atom is 0.433 e. The molecule has 0 saturated carbocycles. The number of nitrogens with one attached hydrogen (secondary N) is 1. The van der Waals surface area contributed by atoms with Gasteiger partial charge in [0.2, 0.25) is 5.95 Å². The van der Waals surface area contributed by atoms with E-state index in [9.17, 15) is 23.1 Å². The molecule has 1 fully saturated rings. The Morgan fingerprint density at radius 3 is 2.41 bits per heavy atom. The standard InChI is InChI=1S/C32H30F3N7O2/c1-3-42-29-22(17-36-31(40-29)39-23-7-4-19(5-8-23)20-10-12-41(2)13-11-20)14-25(30(42)44)24-9-6-21(15-27(24)43)26-16-28(32(33,34)35)38-18-37-26/h4-9,14-18,20,43H,3,10-13H2,1-2H3,(H,36,39,40). The molecule has 1 aliphatic heterocycles. The monoisotopic (exact) mass is 601 g/mol. The van der Waals surface area contributed by atoms with Crippen molar-refractivity contribution in [2.24, 2.45) is 0 Å². The Balaban J connectivity index is 1.28. The number of aromatic hydroxyl groups is 1. The molecule has 1 saturated heterocycles. The summed E-state index contributed by atoms with van der Waals surface area (Å²) in [4.78, 5) is 32.2. The zero-order chi connectivity index (χ0) is 31.0. The van der Waals surface area contributed by atoms with Gasteiger partial charge in [0.1, 0.15) is 23.4 Å². The predicted molar refractivity (Wildman–Crippen MR) is 162 cm³/mol. The highest BCUT2D eigenvalue weighted by Crippen LogP contribution is 2.35.